The minimum Gasteiger partial charge on any atom is -0.496 e. The zero-order chi connectivity index (χ0) is 27.2. The van der Waals surface area contributed by atoms with Crippen LogP contribution in [0.2, 0.25) is 25.7 Å². The molecule has 38 heavy (non-hydrogen) atoms. The third kappa shape index (κ3) is 4.28. The summed E-state index contributed by atoms with van der Waals surface area (Å²) in [5, 5.41) is 10.6. The predicted molar refractivity (Wildman–Crippen MR) is 149 cm³/mol. The van der Waals surface area contributed by atoms with Crippen molar-refractivity contribution in [2.75, 3.05) is 20.8 Å². The highest BCUT2D eigenvalue weighted by Crippen LogP contribution is 2.63. The minimum atomic E-state index is -1.28. The summed E-state index contributed by atoms with van der Waals surface area (Å²) in [7, 11) is 1.79. The molecular formula is C29H34N4O4Si. The molecule has 8 nitrogen and oxygen atoms in total. The van der Waals surface area contributed by atoms with E-state index in [-0.39, 0.29) is 12.7 Å². The van der Waals surface area contributed by atoms with Gasteiger partial charge < -0.3 is 23.8 Å². The summed E-state index contributed by atoms with van der Waals surface area (Å²) in [4.78, 5) is 21.5. The van der Waals surface area contributed by atoms with Gasteiger partial charge in [-0.1, -0.05) is 19.6 Å². The Bertz CT molecular complexity index is 1580. The lowest BCUT2D eigenvalue weighted by Crippen LogP contribution is -2.25. The number of benzene rings is 2. The summed E-state index contributed by atoms with van der Waals surface area (Å²) >= 11 is 0. The monoisotopic (exact) mass is 530 g/mol. The van der Waals surface area contributed by atoms with Crippen LogP contribution in [0.3, 0.4) is 0 Å². The Hall–Kier alpha value is -3.61. The SMILES string of the molecule is COC(=O)C1CC1(c1c(OC)cc(C)c2[nH]ccc12)c1nc2ccc(C#N)cc2n1COCC[Si](C)(C)C. The second-order valence-corrected chi connectivity index (χ2v) is 16.9. The number of nitrogens with zero attached hydrogens (tertiary/aromatic N) is 3. The molecule has 0 amide bonds. The van der Waals surface area contributed by atoms with Gasteiger partial charge in [-0.25, -0.2) is 4.98 Å². The standard InChI is InChI=1S/C29H34N4O4Si/c1-18-13-24(35-2)25(20-9-10-31-26(18)20)29(15-21(29)27(34)36-3)28-32-22-8-7-19(16-30)14-23(22)33(28)17-37-11-12-38(4,5)6/h7-10,13-14,21,31H,11-12,15,17H2,1-6H3. The summed E-state index contributed by atoms with van der Waals surface area (Å²) in [6, 6.07) is 12.8. The van der Waals surface area contributed by atoms with Crippen LogP contribution in [-0.4, -0.2) is 49.4 Å². The van der Waals surface area contributed by atoms with E-state index in [1.54, 1.807) is 13.2 Å². The molecule has 0 saturated heterocycles. The zero-order valence-electron chi connectivity index (χ0n) is 22.8. The van der Waals surface area contributed by atoms with Crippen molar-refractivity contribution in [3.63, 3.8) is 0 Å². The Labute approximate surface area is 223 Å². The summed E-state index contributed by atoms with van der Waals surface area (Å²) in [6.07, 6.45) is 2.44. The van der Waals surface area contributed by atoms with E-state index < -0.39 is 19.4 Å². The van der Waals surface area contributed by atoms with E-state index in [2.05, 4.69) is 30.7 Å². The molecule has 1 aliphatic carbocycles. The summed E-state index contributed by atoms with van der Waals surface area (Å²) < 4.78 is 19.4. The molecule has 1 saturated carbocycles. The molecular weight excluding hydrogens is 496 g/mol. The number of H-pyrrole nitrogens is 1. The average Bonchev–Trinajstić information content (AvgIpc) is 3.24. The Balaban J connectivity index is 1.74. The van der Waals surface area contributed by atoms with Crippen LogP contribution in [0.1, 0.15) is 28.9 Å². The maximum atomic E-state index is 13.1. The van der Waals surface area contributed by atoms with E-state index in [0.29, 0.717) is 24.3 Å². The number of methoxy groups -OCH3 is 2. The number of nitriles is 1. The van der Waals surface area contributed by atoms with Crippen LogP contribution >= 0.6 is 0 Å². The van der Waals surface area contributed by atoms with Gasteiger partial charge in [0, 0.05) is 37.3 Å². The van der Waals surface area contributed by atoms with Crippen LogP contribution in [0.15, 0.2) is 36.5 Å². The Kier molecular flexibility index (Phi) is 6.57. The van der Waals surface area contributed by atoms with E-state index in [1.165, 1.54) is 7.11 Å². The molecule has 2 aromatic heterocycles. The van der Waals surface area contributed by atoms with Crippen LogP contribution in [0.5, 0.6) is 5.75 Å². The molecule has 4 aromatic rings. The van der Waals surface area contributed by atoms with Gasteiger partial charge in [0.2, 0.25) is 0 Å². The highest BCUT2D eigenvalue weighted by molar-refractivity contribution is 6.76. The molecule has 1 aliphatic rings. The lowest BCUT2D eigenvalue weighted by atomic mass is 9.87. The van der Waals surface area contributed by atoms with Gasteiger partial charge in [-0.05, 0) is 55.3 Å². The third-order valence-corrected chi connectivity index (χ3v) is 9.31. The number of fused-ring (bicyclic) bond motifs is 2. The fourth-order valence-electron chi connectivity index (χ4n) is 5.52. The number of hydrogen-bond donors (Lipinski definition) is 1. The largest absolute Gasteiger partial charge is 0.496 e. The fraction of sp³-hybridized carbons (Fsp3) is 0.414. The zero-order valence-corrected chi connectivity index (χ0v) is 23.8. The van der Waals surface area contributed by atoms with Crippen molar-refractivity contribution in [1.29, 1.82) is 5.26 Å². The molecule has 2 heterocycles. The topological polar surface area (TPSA) is 102 Å². The second kappa shape index (κ2) is 9.60. The van der Waals surface area contributed by atoms with Crippen LogP contribution in [0, 0.1) is 24.2 Å². The Morgan fingerprint density at radius 1 is 1.26 bits per heavy atom. The van der Waals surface area contributed by atoms with Crippen molar-refractivity contribution < 1.29 is 19.0 Å². The van der Waals surface area contributed by atoms with Crippen molar-refractivity contribution in [1.82, 2.24) is 14.5 Å². The number of carbonyl (C=O) groups is 1. The molecule has 0 radical (unpaired) electrons. The van der Waals surface area contributed by atoms with Crippen LogP contribution in [-0.2, 0) is 26.4 Å². The first-order chi connectivity index (χ1) is 18.1. The first kappa shape index (κ1) is 26.0. The quantitative estimate of drug-likeness (QED) is 0.174. The first-order valence-electron chi connectivity index (χ1n) is 12.9. The van der Waals surface area contributed by atoms with Crippen molar-refractivity contribution >= 4 is 36.0 Å². The number of imidazole rings is 1. The van der Waals surface area contributed by atoms with Crippen LogP contribution in [0.25, 0.3) is 21.9 Å². The number of nitrogens with one attached hydrogen (secondary N) is 1. The van der Waals surface area contributed by atoms with Crippen molar-refractivity contribution in [3.05, 3.63) is 59.0 Å². The predicted octanol–water partition coefficient (Wildman–Crippen LogP) is 5.50. The molecule has 1 N–H and O–H groups in total. The van der Waals surface area contributed by atoms with Crippen molar-refractivity contribution in [2.45, 2.75) is 51.2 Å². The number of aromatic nitrogens is 3. The molecule has 5 rings (SSSR count). The van der Waals surface area contributed by atoms with E-state index >= 15 is 0 Å². The lowest BCUT2D eigenvalue weighted by Gasteiger charge is -2.24. The number of carbonyl (C=O) groups excluding carboxylic acids is 1. The second-order valence-electron chi connectivity index (χ2n) is 11.3. The van der Waals surface area contributed by atoms with Gasteiger partial charge in [-0.3, -0.25) is 4.79 Å². The third-order valence-electron chi connectivity index (χ3n) is 7.61. The van der Waals surface area contributed by atoms with Gasteiger partial charge in [0.15, 0.2) is 0 Å². The molecule has 9 heteroatoms. The molecule has 0 spiro atoms. The molecule has 1 fully saturated rings. The van der Waals surface area contributed by atoms with Gasteiger partial charge in [0.05, 0.1) is 48.2 Å². The maximum absolute atomic E-state index is 13.1. The molecule has 198 valence electrons. The fourth-order valence-corrected chi connectivity index (χ4v) is 6.28. The maximum Gasteiger partial charge on any atom is 0.310 e. The van der Waals surface area contributed by atoms with Crippen LogP contribution in [0.4, 0.5) is 0 Å². The molecule has 2 unspecified atom stereocenters. The van der Waals surface area contributed by atoms with E-state index in [4.69, 9.17) is 19.2 Å². The number of hydrogen-bond acceptors (Lipinski definition) is 6. The first-order valence-corrected chi connectivity index (χ1v) is 16.6. The summed E-state index contributed by atoms with van der Waals surface area (Å²) in [5.74, 6) is 0.704. The highest BCUT2D eigenvalue weighted by Gasteiger charge is 2.65. The molecule has 0 bridgehead atoms. The number of rotatable bonds is 9. The summed E-state index contributed by atoms with van der Waals surface area (Å²) in [6.45, 7) is 9.90. The normalized spacial score (nSPS) is 19.0. The number of aromatic amines is 1. The van der Waals surface area contributed by atoms with Crippen LogP contribution < -0.4 is 4.74 Å². The number of ether oxygens (including phenoxy) is 3. The van der Waals surface area contributed by atoms with Gasteiger partial charge in [-0.15, -0.1) is 0 Å². The highest BCUT2D eigenvalue weighted by atomic mass is 28.3. The smallest absolute Gasteiger partial charge is 0.310 e. The number of aryl methyl sites for hydroxylation is 1. The van der Waals surface area contributed by atoms with Gasteiger partial charge in [0.1, 0.15) is 18.3 Å². The Morgan fingerprint density at radius 2 is 2.05 bits per heavy atom. The molecule has 2 aromatic carbocycles. The average molecular weight is 531 g/mol. The van der Waals surface area contributed by atoms with E-state index in [9.17, 15) is 10.1 Å². The molecule has 0 aliphatic heterocycles. The summed E-state index contributed by atoms with van der Waals surface area (Å²) in [5.41, 5.74) is 4.28. The number of esters is 1. The lowest BCUT2D eigenvalue weighted by molar-refractivity contribution is -0.142. The van der Waals surface area contributed by atoms with Gasteiger partial charge >= 0.3 is 5.97 Å². The van der Waals surface area contributed by atoms with Crippen molar-refractivity contribution in [2.24, 2.45) is 5.92 Å². The van der Waals surface area contributed by atoms with E-state index in [1.807, 2.05) is 42.0 Å². The minimum absolute atomic E-state index is 0.269. The van der Waals surface area contributed by atoms with Gasteiger partial charge in [-0.2, -0.15) is 5.26 Å². The Morgan fingerprint density at radius 3 is 2.74 bits per heavy atom. The van der Waals surface area contributed by atoms with Crippen molar-refractivity contribution in [3.8, 4) is 11.8 Å². The molecule has 2 atom stereocenters. The van der Waals surface area contributed by atoms with E-state index in [0.717, 1.165) is 44.9 Å². The van der Waals surface area contributed by atoms with Gasteiger partial charge in [0.25, 0.3) is 0 Å².